The zero-order valence-electron chi connectivity index (χ0n) is 9.71. The van der Waals surface area contributed by atoms with Gasteiger partial charge in [-0.15, -0.1) is 5.90 Å². The molecule has 0 aromatic rings. The Bertz CT molecular complexity index is 166. The minimum atomic E-state index is 1.07. The van der Waals surface area contributed by atoms with Gasteiger partial charge in [0.25, 0.3) is 0 Å². The fraction of sp³-hybridized carbons (Fsp3) is 0.917. The average Bonchev–Trinajstić information content (AvgIpc) is 2.22. The van der Waals surface area contributed by atoms with Crippen LogP contribution in [0.5, 0.6) is 0 Å². The average molecular weight is 212 g/mol. The second kappa shape index (κ2) is 8.72. The molecule has 1 aliphatic carbocycles. The maximum atomic E-state index is 4.99. The minimum absolute atomic E-state index is 1.07. The summed E-state index contributed by atoms with van der Waals surface area (Å²) in [6.07, 6.45) is 14.2. The van der Waals surface area contributed by atoms with Crippen molar-refractivity contribution in [3.63, 3.8) is 0 Å². The van der Waals surface area contributed by atoms with Crippen molar-refractivity contribution in [3.05, 3.63) is 0 Å². The zero-order valence-corrected chi connectivity index (χ0v) is 9.71. The number of rotatable bonds is 1. The highest BCUT2D eigenvalue weighted by Gasteiger charge is 2.03. The lowest BCUT2D eigenvalue weighted by molar-refractivity contribution is 0.147. The van der Waals surface area contributed by atoms with Gasteiger partial charge in [-0.3, -0.25) is 0 Å². The van der Waals surface area contributed by atoms with E-state index in [0.29, 0.717) is 0 Å². The van der Waals surface area contributed by atoms with Crippen LogP contribution in [-0.2, 0) is 4.94 Å². The van der Waals surface area contributed by atoms with Crippen LogP contribution in [0.15, 0.2) is 5.16 Å². The number of nitrogens with zero attached hydrogens (tertiary/aromatic N) is 1. The van der Waals surface area contributed by atoms with Gasteiger partial charge in [-0.1, -0.05) is 50.1 Å². The summed E-state index contributed by atoms with van der Waals surface area (Å²) < 4.78 is 0. The van der Waals surface area contributed by atoms with Gasteiger partial charge in [0.1, 0.15) is 0 Å². The van der Waals surface area contributed by atoms with E-state index in [1.165, 1.54) is 57.8 Å². The summed E-state index contributed by atoms with van der Waals surface area (Å²) in [5.41, 5.74) is 1.15. The lowest BCUT2D eigenvalue weighted by Crippen LogP contribution is -2.03. The van der Waals surface area contributed by atoms with Crippen molar-refractivity contribution in [2.24, 2.45) is 11.1 Å². The lowest BCUT2D eigenvalue weighted by atomic mass is 10.00. The summed E-state index contributed by atoms with van der Waals surface area (Å²) in [6.45, 7) is 0. The summed E-state index contributed by atoms with van der Waals surface area (Å²) in [7, 11) is 0. The van der Waals surface area contributed by atoms with Crippen molar-refractivity contribution in [1.82, 2.24) is 0 Å². The molecule has 1 fully saturated rings. The first-order valence-electron chi connectivity index (χ1n) is 6.35. The summed E-state index contributed by atoms with van der Waals surface area (Å²) in [4.78, 5) is 4.39. The van der Waals surface area contributed by atoms with Crippen molar-refractivity contribution >= 4 is 5.71 Å². The van der Waals surface area contributed by atoms with Gasteiger partial charge in [0, 0.05) is 0 Å². The van der Waals surface area contributed by atoms with Gasteiger partial charge >= 0.3 is 0 Å². The molecule has 1 rings (SSSR count). The molecule has 0 atom stereocenters. The standard InChI is InChI=1S/C12H24N2O/c13-15-14-12-10-8-6-4-2-1-3-5-7-9-11-12/h1-11,13H2. The van der Waals surface area contributed by atoms with Gasteiger partial charge in [-0.05, 0) is 25.7 Å². The minimum Gasteiger partial charge on any atom is -0.303 e. The van der Waals surface area contributed by atoms with Gasteiger partial charge < -0.3 is 4.94 Å². The molecule has 0 aromatic carbocycles. The predicted octanol–water partition coefficient (Wildman–Crippen LogP) is 3.54. The molecule has 0 unspecified atom stereocenters. The number of oxime groups is 1. The third-order valence-electron chi connectivity index (χ3n) is 3.11. The van der Waals surface area contributed by atoms with Crippen molar-refractivity contribution in [2.45, 2.75) is 70.6 Å². The molecule has 15 heavy (non-hydrogen) atoms. The number of hydrogen-bond donors (Lipinski definition) is 1. The van der Waals surface area contributed by atoms with Gasteiger partial charge in [0.05, 0.1) is 5.71 Å². The fourth-order valence-corrected chi connectivity index (χ4v) is 2.19. The highest BCUT2D eigenvalue weighted by Crippen LogP contribution is 2.15. The predicted molar refractivity (Wildman–Crippen MR) is 63.5 cm³/mol. The van der Waals surface area contributed by atoms with E-state index < -0.39 is 0 Å². The van der Waals surface area contributed by atoms with E-state index in [9.17, 15) is 0 Å². The molecule has 1 aliphatic rings. The quantitative estimate of drug-likeness (QED) is 0.676. The van der Waals surface area contributed by atoms with E-state index in [0.717, 1.165) is 18.6 Å². The van der Waals surface area contributed by atoms with Crippen LogP contribution in [0.25, 0.3) is 0 Å². The zero-order chi connectivity index (χ0) is 10.8. The molecule has 2 N–H and O–H groups in total. The highest BCUT2D eigenvalue weighted by molar-refractivity contribution is 5.83. The fourth-order valence-electron chi connectivity index (χ4n) is 2.19. The van der Waals surface area contributed by atoms with E-state index in [1.54, 1.807) is 0 Å². The van der Waals surface area contributed by atoms with Crippen molar-refractivity contribution in [1.29, 1.82) is 0 Å². The molecular weight excluding hydrogens is 188 g/mol. The Morgan fingerprint density at radius 3 is 1.53 bits per heavy atom. The van der Waals surface area contributed by atoms with Gasteiger partial charge in [0.15, 0.2) is 0 Å². The molecule has 3 nitrogen and oxygen atoms in total. The molecule has 0 bridgehead atoms. The van der Waals surface area contributed by atoms with E-state index in [1.807, 2.05) is 0 Å². The van der Waals surface area contributed by atoms with Crippen LogP contribution in [0.3, 0.4) is 0 Å². The van der Waals surface area contributed by atoms with Crippen molar-refractivity contribution in [3.8, 4) is 0 Å². The van der Waals surface area contributed by atoms with E-state index >= 15 is 0 Å². The van der Waals surface area contributed by atoms with Crippen LogP contribution in [0.4, 0.5) is 0 Å². The molecule has 0 saturated heterocycles. The van der Waals surface area contributed by atoms with Crippen molar-refractivity contribution < 1.29 is 4.94 Å². The summed E-state index contributed by atoms with van der Waals surface area (Å²) in [5.74, 6) is 4.99. The third-order valence-corrected chi connectivity index (χ3v) is 3.11. The molecule has 88 valence electrons. The van der Waals surface area contributed by atoms with Crippen LogP contribution >= 0.6 is 0 Å². The molecule has 0 heterocycles. The smallest absolute Gasteiger partial charge is 0.0597 e. The Kier molecular flexibility index (Phi) is 7.26. The van der Waals surface area contributed by atoms with Crippen LogP contribution in [0.1, 0.15) is 70.6 Å². The normalized spacial score (nSPS) is 21.3. The Morgan fingerprint density at radius 1 is 0.733 bits per heavy atom. The molecule has 1 saturated carbocycles. The largest absolute Gasteiger partial charge is 0.303 e. The summed E-state index contributed by atoms with van der Waals surface area (Å²) in [6, 6.07) is 0. The monoisotopic (exact) mass is 212 g/mol. The van der Waals surface area contributed by atoms with Crippen LogP contribution in [0, 0.1) is 0 Å². The highest BCUT2D eigenvalue weighted by atomic mass is 16.7. The molecule has 0 radical (unpaired) electrons. The number of hydrogen-bond acceptors (Lipinski definition) is 3. The summed E-state index contributed by atoms with van der Waals surface area (Å²) >= 11 is 0. The van der Waals surface area contributed by atoms with E-state index in [4.69, 9.17) is 5.90 Å². The van der Waals surface area contributed by atoms with Crippen molar-refractivity contribution in [2.75, 3.05) is 0 Å². The first kappa shape index (κ1) is 12.5. The second-order valence-electron chi connectivity index (χ2n) is 4.44. The molecule has 0 aromatic heterocycles. The van der Waals surface area contributed by atoms with Crippen LogP contribution in [0.2, 0.25) is 0 Å². The lowest BCUT2D eigenvalue weighted by Gasteiger charge is -2.08. The molecular formula is C12H24N2O. The first-order chi connectivity index (χ1) is 7.43. The maximum absolute atomic E-state index is 4.99. The van der Waals surface area contributed by atoms with Crippen LogP contribution in [-0.4, -0.2) is 5.71 Å². The van der Waals surface area contributed by atoms with Crippen LogP contribution < -0.4 is 5.90 Å². The third kappa shape index (κ3) is 6.50. The first-order valence-corrected chi connectivity index (χ1v) is 6.35. The van der Waals surface area contributed by atoms with Gasteiger partial charge in [0.2, 0.25) is 0 Å². The Labute approximate surface area is 93.0 Å². The Hall–Kier alpha value is -0.570. The SMILES string of the molecule is NON=C1CCCCCCCCCCC1. The van der Waals surface area contributed by atoms with Gasteiger partial charge in [-0.25, -0.2) is 0 Å². The summed E-state index contributed by atoms with van der Waals surface area (Å²) in [5, 5.41) is 3.91. The maximum Gasteiger partial charge on any atom is 0.0597 e. The number of nitrogens with two attached hydrogens (primary N) is 1. The molecule has 0 aliphatic heterocycles. The molecule has 3 heteroatoms. The molecule has 0 spiro atoms. The van der Waals surface area contributed by atoms with E-state index in [-0.39, 0.29) is 0 Å². The van der Waals surface area contributed by atoms with E-state index in [2.05, 4.69) is 10.1 Å². The Balaban J connectivity index is 2.28. The Morgan fingerprint density at radius 2 is 1.13 bits per heavy atom. The van der Waals surface area contributed by atoms with Gasteiger partial charge in [-0.2, -0.15) is 0 Å². The second-order valence-corrected chi connectivity index (χ2v) is 4.44. The topological polar surface area (TPSA) is 47.6 Å². The molecule has 0 amide bonds.